The fourth-order valence-electron chi connectivity index (χ4n) is 2.49. The SMILES string of the molecule is CCOc1cc2c(cc1CN(C)C(C)C(=O)O)OC(C)C2. The van der Waals surface area contributed by atoms with Crippen LogP contribution in [0.25, 0.3) is 0 Å². The molecule has 0 aliphatic carbocycles. The summed E-state index contributed by atoms with van der Waals surface area (Å²) in [7, 11) is 1.80. The summed E-state index contributed by atoms with van der Waals surface area (Å²) in [5.41, 5.74) is 2.11. The maximum absolute atomic E-state index is 11.1. The van der Waals surface area contributed by atoms with Gasteiger partial charge in [0.15, 0.2) is 0 Å². The molecule has 2 rings (SSSR count). The van der Waals surface area contributed by atoms with Gasteiger partial charge in [-0.3, -0.25) is 9.69 Å². The molecule has 1 aromatic rings. The first-order chi connectivity index (χ1) is 9.92. The summed E-state index contributed by atoms with van der Waals surface area (Å²) >= 11 is 0. The van der Waals surface area contributed by atoms with Crippen LogP contribution in [0.4, 0.5) is 0 Å². The fourth-order valence-corrected chi connectivity index (χ4v) is 2.49. The Morgan fingerprint density at radius 3 is 2.90 bits per heavy atom. The van der Waals surface area contributed by atoms with Gasteiger partial charge >= 0.3 is 5.97 Å². The van der Waals surface area contributed by atoms with Crippen molar-refractivity contribution >= 4 is 5.97 Å². The Hall–Kier alpha value is -1.75. The molecule has 1 N–H and O–H groups in total. The lowest BCUT2D eigenvalue weighted by atomic mass is 10.1. The molecule has 0 saturated carbocycles. The Labute approximate surface area is 125 Å². The zero-order valence-electron chi connectivity index (χ0n) is 13.0. The maximum atomic E-state index is 11.1. The average molecular weight is 293 g/mol. The second-order valence-corrected chi connectivity index (χ2v) is 5.56. The molecule has 2 atom stereocenters. The van der Waals surface area contributed by atoms with Crippen LogP contribution >= 0.6 is 0 Å². The molecule has 1 heterocycles. The topological polar surface area (TPSA) is 59.0 Å². The van der Waals surface area contributed by atoms with E-state index in [4.69, 9.17) is 14.6 Å². The van der Waals surface area contributed by atoms with E-state index >= 15 is 0 Å². The van der Waals surface area contributed by atoms with Crippen molar-refractivity contribution in [2.24, 2.45) is 0 Å². The lowest BCUT2D eigenvalue weighted by Gasteiger charge is -2.23. The van der Waals surface area contributed by atoms with Crippen molar-refractivity contribution in [3.8, 4) is 11.5 Å². The number of nitrogens with zero attached hydrogens (tertiary/aromatic N) is 1. The third-order valence-corrected chi connectivity index (χ3v) is 3.82. The summed E-state index contributed by atoms with van der Waals surface area (Å²) < 4.78 is 11.5. The predicted molar refractivity (Wildman–Crippen MR) is 80.0 cm³/mol. The molecule has 0 aromatic heterocycles. The summed E-state index contributed by atoms with van der Waals surface area (Å²) in [6.45, 7) is 6.75. The maximum Gasteiger partial charge on any atom is 0.320 e. The molecule has 0 saturated heterocycles. The molecule has 5 nitrogen and oxygen atoms in total. The third-order valence-electron chi connectivity index (χ3n) is 3.82. The number of hydrogen-bond donors (Lipinski definition) is 1. The lowest BCUT2D eigenvalue weighted by Crippen LogP contribution is -2.35. The molecular formula is C16H23NO4. The normalized spacial score (nSPS) is 18.2. The number of fused-ring (bicyclic) bond motifs is 1. The number of benzene rings is 1. The molecule has 2 unspecified atom stereocenters. The largest absolute Gasteiger partial charge is 0.494 e. The summed E-state index contributed by atoms with van der Waals surface area (Å²) in [5, 5.41) is 9.10. The highest BCUT2D eigenvalue weighted by Crippen LogP contribution is 2.35. The van der Waals surface area contributed by atoms with Crippen LogP contribution in [0.1, 0.15) is 31.9 Å². The van der Waals surface area contributed by atoms with Crippen LogP contribution in [-0.4, -0.2) is 41.8 Å². The van der Waals surface area contributed by atoms with E-state index in [0.717, 1.165) is 29.0 Å². The molecule has 0 fully saturated rings. The van der Waals surface area contributed by atoms with Crippen molar-refractivity contribution < 1.29 is 19.4 Å². The summed E-state index contributed by atoms with van der Waals surface area (Å²) in [4.78, 5) is 12.9. The molecule has 0 spiro atoms. The zero-order chi connectivity index (χ0) is 15.6. The van der Waals surface area contributed by atoms with Gasteiger partial charge in [-0.1, -0.05) is 0 Å². The molecule has 5 heteroatoms. The van der Waals surface area contributed by atoms with Crippen LogP contribution in [-0.2, 0) is 17.8 Å². The van der Waals surface area contributed by atoms with Crippen LogP contribution in [0.3, 0.4) is 0 Å². The minimum Gasteiger partial charge on any atom is -0.494 e. The van der Waals surface area contributed by atoms with Crippen molar-refractivity contribution in [1.29, 1.82) is 0 Å². The molecule has 1 aromatic carbocycles. The van der Waals surface area contributed by atoms with Crippen molar-refractivity contribution in [3.63, 3.8) is 0 Å². The minimum atomic E-state index is -0.832. The standard InChI is InChI=1S/C16H23NO4/c1-5-20-14-7-12-6-10(2)21-15(12)8-13(14)9-17(4)11(3)16(18)19/h7-8,10-11H,5-6,9H2,1-4H3,(H,18,19). The highest BCUT2D eigenvalue weighted by molar-refractivity contribution is 5.72. The van der Waals surface area contributed by atoms with E-state index in [2.05, 4.69) is 0 Å². The van der Waals surface area contributed by atoms with E-state index in [1.165, 1.54) is 0 Å². The fraction of sp³-hybridized carbons (Fsp3) is 0.562. The molecule has 0 bridgehead atoms. The van der Waals surface area contributed by atoms with Crippen LogP contribution < -0.4 is 9.47 Å². The van der Waals surface area contributed by atoms with Crippen LogP contribution in [0, 0.1) is 0 Å². The highest BCUT2D eigenvalue weighted by atomic mass is 16.5. The van der Waals surface area contributed by atoms with Gasteiger partial charge in [-0.15, -0.1) is 0 Å². The number of carboxylic acids is 1. The molecule has 116 valence electrons. The third kappa shape index (κ3) is 3.47. The molecule has 21 heavy (non-hydrogen) atoms. The van der Waals surface area contributed by atoms with Crippen LogP contribution in [0.5, 0.6) is 11.5 Å². The summed E-state index contributed by atoms with van der Waals surface area (Å²) in [5.74, 6) is 0.872. The van der Waals surface area contributed by atoms with E-state index in [9.17, 15) is 4.79 Å². The molecular weight excluding hydrogens is 270 g/mol. The van der Waals surface area contributed by atoms with Gasteiger partial charge in [0.1, 0.15) is 23.6 Å². The number of carbonyl (C=O) groups is 1. The molecule has 0 amide bonds. The second-order valence-electron chi connectivity index (χ2n) is 5.56. The van der Waals surface area contributed by atoms with Gasteiger partial charge in [-0.05, 0) is 40.0 Å². The zero-order valence-corrected chi connectivity index (χ0v) is 13.0. The van der Waals surface area contributed by atoms with Gasteiger partial charge in [0.2, 0.25) is 0 Å². The quantitative estimate of drug-likeness (QED) is 0.872. The second kappa shape index (κ2) is 6.35. The van der Waals surface area contributed by atoms with Gasteiger partial charge in [0.05, 0.1) is 6.61 Å². The van der Waals surface area contributed by atoms with Crippen molar-refractivity contribution in [2.75, 3.05) is 13.7 Å². The van der Waals surface area contributed by atoms with Gasteiger partial charge in [-0.2, -0.15) is 0 Å². The highest BCUT2D eigenvalue weighted by Gasteiger charge is 2.24. The van der Waals surface area contributed by atoms with E-state index < -0.39 is 12.0 Å². The van der Waals surface area contributed by atoms with Crippen molar-refractivity contribution in [2.45, 2.75) is 45.9 Å². The predicted octanol–water partition coefficient (Wildman–Crippen LogP) is 2.31. The molecule has 0 radical (unpaired) electrons. The number of ether oxygens (including phenoxy) is 2. The number of carboxylic acid groups (broad SMARTS) is 1. The molecule has 1 aliphatic heterocycles. The summed E-state index contributed by atoms with van der Waals surface area (Å²) in [6, 6.07) is 3.46. The first kappa shape index (κ1) is 15.6. The monoisotopic (exact) mass is 293 g/mol. The van der Waals surface area contributed by atoms with Crippen molar-refractivity contribution in [3.05, 3.63) is 23.3 Å². The molecule has 1 aliphatic rings. The van der Waals surface area contributed by atoms with Gasteiger partial charge in [0.25, 0.3) is 0 Å². The Morgan fingerprint density at radius 1 is 1.57 bits per heavy atom. The van der Waals surface area contributed by atoms with E-state index in [1.807, 2.05) is 26.0 Å². The minimum absolute atomic E-state index is 0.181. The first-order valence-corrected chi connectivity index (χ1v) is 7.30. The number of rotatable bonds is 6. The smallest absolute Gasteiger partial charge is 0.320 e. The van der Waals surface area contributed by atoms with Gasteiger partial charge in [0, 0.05) is 24.1 Å². The van der Waals surface area contributed by atoms with Gasteiger partial charge in [-0.25, -0.2) is 0 Å². The Morgan fingerprint density at radius 2 is 2.29 bits per heavy atom. The number of hydrogen-bond acceptors (Lipinski definition) is 4. The van der Waals surface area contributed by atoms with E-state index in [0.29, 0.717) is 13.2 Å². The Bertz CT molecular complexity index is 529. The lowest BCUT2D eigenvalue weighted by molar-refractivity contribution is -0.142. The average Bonchev–Trinajstić information content (AvgIpc) is 2.77. The van der Waals surface area contributed by atoms with Crippen molar-refractivity contribution in [1.82, 2.24) is 4.90 Å². The first-order valence-electron chi connectivity index (χ1n) is 7.30. The summed E-state index contributed by atoms with van der Waals surface area (Å²) in [6.07, 6.45) is 1.07. The van der Waals surface area contributed by atoms with Crippen LogP contribution in [0.2, 0.25) is 0 Å². The van der Waals surface area contributed by atoms with Gasteiger partial charge < -0.3 is 14.6 Å². The Kier molecular flexibility index (Phi) is 4.73. The van der Waals surface area contributed by atoms with E-state index in [1.54, 1.807) is 18.9 Å². The van der Waals surface area contributed by atoms with Crippen LogP contribution in [0.15, 0.2) is 12.1 Å². The Balaban J connectivity index is 2.25. The number of aliphatic carboxylic acids is 1. The number of likely N-dealkylation sites (N-methyl/N-ethyl adjacent to an activating group) is 1. The van der Waals surface area contributed by atoms with E-state index in [-0.39, 0.29) is 6.10 Å².